The van der Waals surface area contributed by atoms with E-state index in [1.165, 1.54) is 6.07 Å². The molecule has 2 aromatic rings. The van der Waals surface area contributed by atoms with E-state index in [0.29, 0.717) is 23.8 Å². The minimum absolute atomic E-state index is 0.119. The second-order valence-electron chi connectivity index (χ2n) is 4.50. The maximum absolute atomic E-state index is 13.8. The Kier molecular flexibility index (Phi) is 2.70. The van der Waals surface area contributed by atoms with E-state index in [2.05, 4.69) is 10.3 Å². The number of nitrogen functional groups attached to an aromatic ring is 1. The van der Waals surface area contributed by atoms with Crippen molar-refractivity contribution < 1.29 is 4.39 Å². The molecule has 1 saturated carbocycles. The van der Waals surface area contributed by atoms with Gasteiger partial charge in [0.2, 0.25) is 0 Å². The van der Waals surface area contributed by atoms with Gasteiger partial charge in [0.1, 0.15) is 5.82 Å². The molecule has 0 aliphatic heterocycles. The summed E-state index contributed by atoms with van der Waals surface area (Å²) in [6.07, 6.45) is 2.19. The first-order valence-corrected chi connectivity index (χ1v) is 6.16. The number of halogens is 2. The van der Waals surface area contributed by atoms with Crippen LogP contribution in [0.25, 0.3) is 0 Å². The molecule has 0 saturated heterocycles. The second-order valence-corrected chi connectivity index (χ2v) is 4.91. The highest BCUT2D eigenvalue weighted by Gasteiger charge is 2.30. The highest BCUT2D eigenvalue weighted by Crippen LogP contribution is 2.42. The normalized spacial score (nSPS) is 15.0. The van der Waals surface area contributed by atoms with Gasteiger partial charge in [-0.1, -0.05) is 28.9 Å². The van der Waals surface area contributed by atoms with Crippen molar-refractivity contribution >= 4 is 17.4 Å². The van der Waals surface area contributed by atoms with Crippen LogP contribution in [0.3, 0.4) is 0 Å². The van der Waals surface area contributed by atoms with Gasteiger partial charge in [-0.15, -0.1) is 5.10 Å². The molecular weight excluding hydrogens is 255 g/mol. The summed E-state index contributed by atoms with van der Waals surface area (Å²) < 4.78 is 15.5. The van der Waals surface area contributed by atoms with E-state index in [1.807, 2.05) is 0 Å². The van der Waals surface area contributed by atoms with Crippen LogP contribution >= 0.6 is 11.6 Å². The Morgan fingerprint density at radius 3 is 2.94 bits per heavy atom. The van der Waals surface area contributed by atoms with Gasteiger partial charge in [0.05, 0.1) is 17.3 Å². The number of rotatable bonds is 3. The molecule has 0 bridgehead atoms. The average Bonchev–Trinajstić information content (AvgIpc) is 3.11. The zero-order valence-corrected chi connectivity index (χ0v) is 10.4. The molecule has 1 aliphatic rings. The third-order valence-corrected chi connectivity index (χ3v) is 3.41. The molecule has 1 fully saturated rings. The molecule has 4 nitrogen and oxygen atoms in total. The number of aromatic nitrogens is 3. The lowest BCUT2D eigenvalue weighted by Crippen LogP contribution is -2.08. The Bertz CT molecular complexity index is 592. The van der Waals surface area contributed by atoms with Gasteiger partial charge < -0.3 is 5.73 Å². The summed E-state index contributed by atoms with van der Waals surface area (Å²) in [6, 6.07) is 4.94. The van der Waals surface area contributed by atoms with Gasteiger partial charge >= 0.3 is 0 Å². The Balaban J connectivity index is 1.95. The largest absolute Gasteiger partial charge is 0.381 e. The number of hydrogen-bond acceptors (Lipinski definition) is 3. The van der Waals surface area contributed by atoms with Gasteiger partial charge in [0.25, 0.3) is 0 Å². The average molecular weight is 267 g/mol. The van der Waals surface area contributed by atoms with Crippen LogP contribution in [-0.2, 0) is 6.54 Å². The Labute approximate surface area is 109 Å². The molecule has 1 aromatic heterocycles. The fourth-order valence-corrected chi connectivity index (χ4v) is 2.25. The molecule has 18 heavy (non-hydrogen) atoms. The number of nitrogens with two attached hydrogens (primary N) is 1. The van der Waals surface area contributed by atoms with Gasteiger partial charge in [-0.2, -0.15) is 0 Å². The summed E-state index contributed by atoms with van der Waals surface area (Å²) in [4.78, 5) is 0. The Hall–Kier alpha value is -1.62. The summed E-state index contributed by atoms with van der Waals surface area (Å²) in [5.41, 5.74) is 7.20. The minimum atomic E-state index is -0.407. The molecule has 1 aliphatic carbocycles. The standard InChI is InChI=1S/C12H12ClFN4/c13-9-3-1-2-8(10(9)14)6-18-11(7-4-5-7)12(15)16-17-18/h1-3,7H,4-6,15H2. The molecule has 2 N–H and O–H groups in total. The predicted octanol–water partition coefficient (Wildman–Crippen LogP) is 2.58. The van der Waals surface area contributed by atoms with Crippen molar-refractivity contribution in [2.45, 2.75) is 25.3 Å². The summed E-state index contributed by atoms with van der Waals surface area (Å²) in [5, 5.41) is 7.96. The lowest BCUT2D eigenvalue weighted by atomic mass is 10.2. The predicted molar refractivity (Wildman–Crippen MR) is 66.9 cm³/mol. The smallest absolute Gasteiger partial charge is 0.169 e. The molecule has 1 aromatic carbocycles. The highest BCUT2D eigenvalue weighted by molar-refractivity contribution is 6.30. The third kappa shape index (κ3) is 1.95. The zero-order valence-electron chi connectivity index (χ0n) is 9.61. The Morgan fingerprint density at radius 1 is 1.44 bits per heavy atom. The molecule has 6 heteroatoms. The number of nitrogens with zero attached hydrogens (tertiary/aromatic N) is 3. The van der Waals surface area contributed by atoms with Crippen LogP contribution in [-0.4, -0.2) is 15.0 Å². The van der Waals surface area contributed by atoms with E-state index in [0.717, 1.165) is 18.5 Å². The van der Waals surface area contributed by atoms with Crippen LogP contribution in [0.15, 0.2) is 18.2 Å². The summed E-state index contributed by atoms with van der Waals surface area (Å²) in [6.45, 7) is 0.308. The van der Waals surface area contributed by atoms with Crippen molar-refractivity contribution in [3.05, 3.63) is 40.3 Å². The summed E-state index contributed by atoms with van der Waals surface area (Å²) in [7, 11) is 0. The van der Waals surface area contributed by atoms with Gasteiger partial charge in [-0.25, -0.2) is 9.07 Å². The molecule has 0 amide bonds. The molecule has 1 heterocycles. The first-order valence-electron chi connectivity index (χ1n) is 5.78. The molecular formula is C12H12ClFN4. The second kappa shape index (κ2) is 4.24. The monoisotopic (exact) mass is 266 g/mol. The third-order valence-electron chi connectivity index (χ3n) is 3.12. The van der Waals surface area contributed by atoms with E-state index < -0.39 is 5.82 Å². The van der Waals surface area contributed by atoms with Crippen LogP contribution in [0.1, 0.15) is 30.0 Å². The Morgan fingerprint density at radius 2 is 2.22 bits per heavy atom. The molecule has 0 atom stereocenters. The first-order chi connectivity index (χ1) is 8.66. The van der Waals surface area contributed by atoms with Crippen molar-refractivity contribution in [2.24, 2.45) is 0 Å². The van der Waals surface area contributed by atoms with Gasteiger partial charge in [0.15, 0.2) is 5.82 Å². The van der Waals surface area contributed by atoms with Crippen LogP contribution < -0.4 is 5.73 Å². The summed E-state index contributed by atoms with van der Waals surface area (Å²) in [5.74, 6) is 0.456. The maximum Gasteiger partial charge on any atom is 0.169 e. The number of anilines is 1. The van der Waals surface area contributed by atoms with Crippen molar-refractivity contribution in [3.63, 3.8) is 0 Å². The van der Waals surface area contributed by atoms with E-state index in [9.17, 15) is 4.39 Å². The summed E-state index contributed by atoms with van der Waals surface area (Å²) >= 11 is 5.75. The van der Waals surface area contributed by atoms with Crippen molar-refractivity contribution in [3.8, 4) is 0 Å². The lowest BCUT2D eigenvalue weighted by Gasteiger charge is -2.07. The minimum Gasteiger partial charge on any atom is -0.381 e. The molecule has 0 spiro atoms. The highest BCUT2D eigenvalue weighted by atomic mass is 35.5. The molecule has 3 rings (SSSR count). The maximum atomic E-state index is 13.8. The van der Waals surface area contributed by atoms with E-state index in [1.54, 1.807) is 16.8 Å². The lowest BCUT2D eigenvalue weighted by molar-refractivity contribution is 0.566. The van der Waals surface area contributed by atoms with Crippen LogP contribution in [0.2, 0.25) is 5.02 Å². The number of hydrogen-bond donors (Lipinski definition) is 1. The van der Waals surface area contributed by atoms with Crippen molar-refractivity contribution in [1.82, 2.24) is 15.0 Å². The topological polar surface area (TPSA) is 56.7 Å². The van der Waals surface area contributed by atoms with Crippen molar-refractivity contribution in [2.75, 3.05) is 5.73 Å². The van der Waals surface area contributed by atoms with Crippen LogP contribution in [0.5, 0.6) is 0 Å². The SMILES string of the molecule is Nc1nnn(Cc2cccc(Cl)c2F)c1C1CC1. The van der Waals surface area contributed by atoms with E-state index >= 15 is 0 Å². The number of benzene rings is 1. The molecule has 0 radical (unpaired) electrons. The van der Waals surface area contributed by atoms with Gasteiger partial charge in [-0.3, -0.25) is 0 Å². The quantitative estimate of drug-likeness (QED) is 0.929. The van der Waals surface area contributed by atoms with Crippen LogP contribution in [0.4, 0.5) is 10.2 Å². The van der Waals surface area contributed by atoms with E-state index in [-0.39, 0.29) is 5.02 Å². The zero-order chi connectivity index (χ0) is 12.7. The van der Waals surface area contributed by atoms with Gasteiger partial charge in [0, 0.05) is 11.5 Å². The fraction of sp³-hybridized carbons (Fsp3) is 0.333. The fourth-order valence-electron chi connectivity index (χ4n) is 2.06. The molecule has 94 valence electrons. The van der Waals surface area contributed by atoms with Crippen LogP contribution in [0, 0.1) is 5.82 Å². The van der Waals surface area contributed by atoms with Gasteiger partial charge in [-0.05, 0) is 18.9 Å². The molecule has 0 unspecified atom stereocenters. The van der Waals surface area contributed by atoms with E-state index in [4.69, 9.17) is 17.3 Å². The first kappa shape index (κ1) is 11.5. The van der Waals surface area contributed by atoms with Crippen molar-refractivity contribution in [1.29, 1.82) is 0 Å².